The third kappa shape index (κ3) is 4.43. The molecule has 1 saturated carbocycles. The van der Waals surface area contributed by atoms with Gasteiger partial charge in [-0.25, -0.2) is 0 Å². The first kappa shape index (κ1) is 16.3. The Bertz CT molecular complexity index is 353. The molecule has 120 valence electrons. The van der Waals surface area contributed by atoms with E-state index in [1.165, 1.54) is 19.3 Å². The smallest absolute Gasteiger partial charge is 0.242 e. The molecule has 5 nitrogen and oxygen atoms in total. The molecule has 1 unspecified atom stereocenters. The number of rotatable bonds is 7. The number of likely N-dealkylation sites (tertiary alicyclic amines) is 1. The van der Waals surface area contributed by atoms with E-state index in [-0.39, 0.29) is 23.9 Å². The van der Waals surface area contributed by atoms with E-state index < -0.39 is 0 Å². The van der Waals surface area contributed by atoms with Crippen molar-refractivity contribution in [3.05, 3.63) is 0 Å². The number of carbonyl (C=O) groups excluding carboxylic acids is 2. The predicted molar refractivity (Wildman–Crippen MR) is 80.9 cm³/mol. The van der Waals surface area contributed by atoms with E-state index in [2.05, 4.69) is 5.32 Å². The van der Waals surface area contributed by atoms with Gasteiger partial charge in [0.15, 0.2) is 0 Å². The first-order valence-electron chi connectivity index (χ1n) is 8.40. The second kappa shape index (κ2) is 8.37. The molecule has 2 rings (SSSR count). The van der Waals surface area contributed by atoms with E-state index in [1.807, 2.05) is 11.8 Å². The number of nitrogens with zero attached hydrogens (tertiary/aromatic N) is 1. The Morgan fingerprint density at radius 1 is 1.29 bits per heavy atom. The van der Waals surface area contributed by atoms with Crippen molar-refractivity contribution >= 4 is 11.8 Å². The third-order valence-corrected chi connectivity index (χ3v) is 4.49. The third-order valence-electron chi connectivity index (χ3n) is 4.49. The lowest BCUT2D eigenvalue weighted by Gasteiger charge is -2.35. The molecule has 1 aliphatic carbocycles. The van der Waals surface area contributed by atoms with Gasteiger partial charge in [-0.05, 0) is 32.6 Å². The van der Waals surface area contributed by atoms with Crippen LogP contribution in [0.4, 0.5) is 0 Å². The van der Waals surface area contributed by atoms with Crippen LogP contribution in [0.1, 0.15) is 58.3 Å². The summed E-state index contributed by atoms with van der Waals surface area (Å²) < 4.78 is 5.26. The van der Waals surface area contributed by atoms with Crippen LogP contribution in [0.2, 0.25) is 0 Å². The van der Waals surface area contributed by atoms with Crippen LogP contribution in [0.15, 0.2) is 0 Å². The van der Waals surface area contributed by atoms with Crippen LogP contribution in [0.25, 0.3) is 0 Å². The fourth-order valence-electron chi connectivity index (χ4n) is 3.42. The zero-order valence-electron chi connectivity index (χ0n) is 13.1. The van der Waals surface area contributed by atoms with E-state index in [4.69, 9.17) is 4.74 Å². The van der Waals surface area contributed by atoms with Crippen LogP contribution >= 0.6 is 0 Å². The molecule has 1 saturated heterocycles. The van der Waals surface area contributed by atoms with Gasteiger partial charge in [0.2, 0.25) is 11.8 Å². The van der Waals surface area contributed by atoms with Gasteiger partial charge < -0.3 is 15.0 Å². The number of amides is 2. The summed E-state index contributed by atoms with van der Waals surface area (Å²) in [4.78, 5) is 26.3. The molecule has 0 aromatic carbocycles. The molecule has 0 aromatic heterocycles. The van der Waals surface area contributed by atoms with Gasteiger partial charge in [-0.15, -0.1) is 0 Å². The summed E-state index contributed by atoms with van der Waals surface area (Å²) >= 11 is 0. The summed E-state index contributed by atoms with van der Waals surface area (Å²) in [5.74, 6) is 0.180. The average Bonchev–Trinajstić information content (AvgIpc) is 2.89. The molecule has 0 bridgehead atoms. The normalized spacial score (nSPS) is 23.6. The van der Waals surface area contributed by atoms with Gasteiger partial charge in [-0.3, -0.25) is 9.59 Å². The maximum absolute atomic E-state index is 12.3. The largest absolute Gasteiger partial charge is 0.382 e. The van der Waals surface area contributed by atoms with Gasteiger partial charge in [0.25, 0.3) is 0 Å². The standard InChI is InChI=1S/C16H28N2O3/c1-2-21-12-6-11-17-16(20)14-9-10-15(19)18(14)13-7-4-3-5-8-13/h13-14H,2-12H2,1H3,(H,17,20). The van der Waals surface area contributed by atoms with E-state index in [9.17, 15) is 9.59 Å². The zero-order chi connectivity index (χ0) is 15.1. The number of hydrogen-bond acceptors (Lipinski definition) is 3. The van der Waals surface area contributed by atoms with Gasteiger partial charge in [0.05, 0.1) is 0 Å². The van der Waals surface area contributed by atoms with Crippen molar-refractivity contribution < 1.29 is 14.3 Å². The van der Waals surface area contributed by atoms with Crippen molar-refractivity contribution in [2.24, 2.45) is 0 Å². The van der Waals surface area contributed by atoms with Crippen LogP contribution in [-0.2, 0) is 14.3 Å². The number of carbonyl (C=O) groups is 2. The Morgan fingerprint density at radius 2 is 2.05 bits per heavy atom. The highest BCUT2D eigenvalue weighted by atomic mass is 16.5. The maximum Gasteiger partial charge on any atom is 0.242 e. The minimum absolute atomic E-state index is 0.0166. The van der Waals surface area contributed by atoms with Gasteiger partial charge in [-0.2, -0.15) is 0 Å². The van der Waals surface area contributed by atoms with Crippen molar-refractivity contribution in [2.75, 3.05) is 19.8 Å². The molecule has 2 fully saturated rings. The molecule has 5 heteroatoms. The zero-order valence-corrected chi connectivity index (χ0v) is 13.1. The maximum atomic E-state index is 12.3. The highest BCUT2D eigenvalue weighted by Crippen LogP contribution is 2.30. The molecule has 2 aliphatic rings. The lowest BCUT2D eigenvalue weighted by molar-refractivity contribution is -0.138. The topological polar surface area (TPSA) is 58.6 Å². The lowest BCUT2D eigenvalue weighted by Crippen LogP contribution is -2.50. The van der Waals surface area contributed by atoms with Crippen LogP contribution in [0.3, 0.4) is 0 Å². The molecule has 2 amide bonds. The highest BCUT2D eigenvalue weighted by Gasteiger charge is 2.40. The first-order valence-corrected chi connectivity index (χ1v) is 8.40. The quantitative estimate of drug-likeness (QED) is 0.729. The van der Waals surface area contributed by atoms with E-state index in [1.54, 1.807) is 0 Å². The molecule has 1 heterocycles. The summed E-state index contributed by atoms with van der Waals surface area (Å²) in [6.45, 7) is 3.97. The average molecular weight is 296 g/mol. The Hall–Kier alpha value is -1.10. The monoisotopic (exact) mass is 296 g/mol. The fraction of sp³-hybridized carbons (Fsp3) is 0.875. The molecule has 1 atom stereocenters. The highest BCUT2D eigenvalue weighted by molar-refractivity contribution is 5.91. The SMILES string of the molecule is CCOCCCNC(=O)C1CCC(=O)N1C1CCCCC1. The molecular formula is C16H28N2O3. The van der Waals surface area contributed by atoms with Crippen LogP contribution in [0, 0.1) is 0 Å². The van der Waals surface area contributed by atoms with E-state index in [0.717, 1.165) is 19.3 Å². The summed E-state index contributed by atoms with van der Waals surface area (Å²) in [5, 5.41) is 2.96. The van der Waals surface area contributed by atoms with Crippen molar-refractivity contribution in [1.82, 2.24) is 10.2 Å². The van der Waals surface area contributed by atoms with Gasteiger partial charge >= 0.3 is 0 Å². The fourth-order valence-corrected chi connectivity index (χ4v) is 3.42. The molecule has 0 aromatic rings. The van der Waals surface area contributed by atoms with E-state index in [0.29, 0.717) is 32.6 Å². The molecule has 1 N–H and O–H groups in total. The summed E-state index contributed by atoms with van der Waals surface area (Å²) in [7, 11) is 0. The second-order valence-corrected chi connectivity index (χ2v) is 5.99. The molecular weight excluding hydrogens is 268 g/mol. The Balaban J connectivity index is 1.82. The molecule has 21 heavy (non-hydrogen) atoms. The van der Waals surface area contributed by atoms with Crippen molar-refractivity contribution in [3.63, 3.8) is 0 Å². The predicted octanol–water partition coefficient (Wildman–Crippen LogP) is 1.85. The van der Waals surface area contributed by atoms with E-state index >= 15 is 0 Å². The molecule has 0 radical (unpaired) electrons. The molecule has 0 spiro atoms. The van der Waals surface area contributed by atoms with Crippen molar-refractivity contribution in [3.8, 4) is 0 Å². The van der Waals surface area contributed by atoms with Gasteiger partial charge in [0.1, 0.15) is 6.04 Å². The minimum Gasteiger partial charge on any atom is -0.382 e. The molecule has 1 aliphatic heterocycles. The van der Waals surface area contributed by atoms with Crippen molar-refractivity contribution in [1.29, 1.82) is 0 Å². The second-order valence-electron chi connectivity index (χ2n) is 5.99. The Labute approximate surface area is 127 Å². The van der Waals surface area contributed by atoms with Crippen LogP contribution in [-0.4, -0.2) is 48.6 Å². The Kier molecular flexibility index (Phi) is 6.49. The number of hydrogen-bond donors (Lipinski definition) is 1. The Morgan fingerprint density at radius 3 is 2.76 bits per heavy atom. The summed E-state index contributed by atoms with van der Waals surface area (Å²) in [6, 6.07) is 0.0422. The summed E-state index contributed by atoms with van der Waals surface area (Å²) in [6.07, 6.45) is 7.74. The number of ether oxygens (including phenoxy) is 1. The minimum atomic E-state index is -0.243. The van der Waals surface area contributed by atoms with Crippen LogP contribution in [0.5, 0.6) is 0 Å². The van der Waals surface area contributed by atoms with Crippen LogP contribution < -0.4 is 5.32 Å². The van der Waals surface area contributed by atoms with Gasteiger partial charge in [-0.1, -0.05) is 19.3 Å². The lowest BCUT2D eigenvalue weighted by atomic mass is 9.93. The first-order chi connectivity index (χ1) is 10.2. The van der Waals surface area contributed by atoms with Crippen molar-refractivity contribution in [2.45, 2.75) is 70.4 Å². The van der Waals surface area contributed by atoms with Gasteiger partial charge in [0, 0.05) is 32.2 Å². The number of nitrogens with one attached hydrogen (secondary N) is 1. The summed E-state index contributed by atoms with van der Waals surface area (Å²) in [5.41, 5.74) is 0.